The monoisotopic (exact) mass is 336 g/mol. The van der Waals surface area contributed by atoms with E-state index in [1.807, 2.05) is 0 Å². The molecule has 23 heavy (non-hydrogen) atoms. The predicted octanol–water partition coefficient (Wildman–Crippen LogP) is -0.295. The molecular formula is C14H16N4O4S. The van der Waals surface area contributed by atoms with Gasteiger partial charge >= 0.3 is 5.69 Å². The summed E-state index contributed by atoms with van der Waals surface area (Å²) in [6.07, 6.45) is 1.07. The molecule has 1 aliphatic heterocycles. The Morgan fingerprint density at radius 2 is 1.83 bits per heavy atom. The van der Waals surface area contributed by atoms with Crippen molar-refractivity contribution in [2.45, 2.75) is 4.90 Å². The van der Waals surface area contributed by atoms with Gasteiger partial charge in [-0.1, -0.05) is 12.1 Å². The first kappa shape index (κ1) is 15.3. The highest BCUT2D eigenvalue weighted by atomic mass is 32.2. The minimum atomic E-state index is -4.07. The fraction of sp³-hybridized carbons (Fsp3) is 0.286. The van der Waals surface area contributed by atoms with Crippen LogP contribution >= 0.6 is 0 Å². The van der Waals surface area contributed by atoms with Crippen LogP contribution < -0.4 is 20.9 Å². The van der Waals surface area contributed by atoms with Crippen LogP contribution in [0.1, 0.15) is 0 Å². The number of rotatable bonds is 2. The molecule has 122 valence electrons. The summed E-state index contributed by atoms with van der Waals surface area (Å²) < 4.78 is 29.0. The van der Waals surface area contributed by atoms with Gasteiger partial charge < -0.3 is 9.88 Å². The number of sulfonamides is 1. The molecule has 0 spiro atoms. The average molecular weight is 336 g/mol. The second kappa shape index (κ2) is 5.27. The summed E-state index contributed by atoms with van der Waals surface area (Å²) in [7, 11) is -1.40. The zero-order valence-corrected chi connectivity index (χ0v) is 13.5. The van der Waals surface area contributed by atoms with E-state index in [0.29, 0.717) is 17.9 Å². The second-order valence-electron chi connectivity index (χ2n) is 5.27. The number of fused-ring (bicyclic) bond motifs is 1. The number of anilines is 2. The highest BCUT2D eigenvalue weighted by molar-refractivity contribution is 7.92. The summed E-state index contributed by atoms with van der Waals surface area (Å²) in [4.78, 5) is 23.6. The molecule has 2 heterocycles. The first-order valence-electron chi connectivity index (χ1n) is 6.96. The molecule has 0 fully saturated rings. The van der Waals surface area contributed by atoms with E-state index in [0.717, 1.165) is 15.3 Å². The maximum absolute atomic E-state index is 13.0. The van der Waals surface area contributed by atoms with Crippen LogP contribution in [0, 0.1) is 0 Å². The lowest BCUT2D eigenvalue weighted by Crippen LogP contribution is -2.45. The Bertz CT molecular complexity index is 991. The Morgan fingerprint density at radius 1 is 1.13 bits per heavy atom. The molecule has 3 rings (SSSR count). The molecule has 1 aromatic heterocycles. The zero-order valence-electron chi connectivity index (χ0n) is 12.7. The van der Waals surface area contributed by atoms with Crippen molar-refractivity contribution in [2.75, 3.05) is 22.7 Å². The summed E-state index contributed by atoms with van der Waals surface area (Å²) in [5, 5.41) is 3.12. The first-order chi connectivity index (χ1) is 10.8. The number of hydrogen-bond donors (Lipinski definition) is 1. The third-order valence-electron chi connectivity index (χ3n) is 3.79. The van der Waals surface area contributed by atoms with Gasteiger partial charge in [-0.05, 0) is 12.1 Å². The molecule has 0 saturated carbocycles. The maximum Gasteiger partial charge on any atom is 0.330 e. The van der Waals surface area contributed by atoms with Gasteiger partial charge in [-0.2, -0.15) is 0 Å². The Labute approximate surface area is 132 Å². The molecule has 0 bridgehead atoms. The summed E-state index contributed by atoms with van der Waals surface area (Å²) in [5.41, 5.74) is -0.239. The molecule has 0 atom stereocenters. The first-order valence-corrected chi connectivity index (χ1v) is 8.40. The number of benzene rings is 1. The fourth-order valence-electron chi connectivity index (χ4n) is 2.57. The van der Waals surface area contributed by atoms with Gasteiger partial charge in [0.25, 0.3) is 15.6 Å². The van der Waals surface area contributed by atoms with Crippen LogP contribution in [0.3, 0.4) is 0 Å². The van der Waals surface area contributed by atoms with E-state index < -0.39 is 26.2 Å². The number of hydrogen-bond acceptors (Lipinski definition) is 5. The van der Waals surface area contributed by atoms with E-state index in [2.05, 4.69) is 5.32 Å². The summed E-state index contributed by atoms with van der Waals surface area (Å²) in [6.45, 7) is 0.633. The zero-order chi connectivity index (χ0) is 16.8. The summed E-state index contributed by atoms with van der Waals surface area (Å²) >= 11 is 0. The number of aromatic nitrogens is 2. The van der Waals surface area contributed by atoms with Gasteiger partial charge in [-0.3, -0.25) is 13.7 Å². The van der Waals surface area contributed by atoms with Gasteiger partial charge in [0.05, 0.1) is 17.9 Å². The van der Waals surface area contributed by atoms with E-state index in [4.69, 9.17) is 0 Å². The Kier molecular flexibility index (Phi) is 3.52. The number of para-hydroxylation sites is 2. The van der Waals surface area contributed by atoms with Gasteiger partial charge in [0, 0.05) is 26.8 Å². The van der Waals surface area contributed by atoms with Crippen molar-refractivity contribution >= 4 is 21.4 Å². The summed E-state index contributed by atoms with van der Waals surface area (Å²) in [6, 6.07) is 6.97. The van der Waals surface area contributed by atoms with Crippen molar-refractivity contribution in [1.82, 2.24) is 9.13 Å². The molecular weight excluding hydrogens is 320 g/mol. The van der Waals surface area contributed by atoms with E-state index in [1.165, 1.54) is 18.4 Å². The largest absolute Gasteiger partial charge is 0.382 e. The average Bonchev–Trinajstić information content (AvgIpc) is 2.55. The quantitative estimate of drug-likeness (QED) is 0.813. The standard InChI is InChI=1S/C14H16N4O4S/c1-16-9-12(13(19)17(2)14(16)20)23(21,22)18-8-7-15-10-5-3-4-6-11(10)18/h3-6,9,15H,7-8H2,1-2H3. The van der Waals surface area contributed by atoms with Crippen LogP contribution in [0.4, 0.5) is 11.4 Å². The second-order valence-corrected chi connectivity index (χ2v) is 7.10. The molecule has 0 saturated heterocycles. The van der Waals surface area contributed by atoms with Crippen molar-refractivity contribution in [2.24, 2.45) is 14.1 Å². The Hall–Kier alpha value is -2.55. The van der Waals surface area contributed by atoms with Gasteiger partial charge in [-0.15, -0.1) is 0 Å². The van der Waals surface area contributed by atoms with Crippen molar-refractivity contribution in [1.29, 1.82) is 0 Å². The van der Waals surface area contributed by atoms with Gasteiger partial charge in [0.2, 0.25) is 0 Å². The Morgan fingerprint density at radius 3 is 2.57 bits per heavy atom. The molecule has 0 amide bonds. The highest BCUT2D eigenvalue weighted by Crippen LogP contribution is 2.31. The van der Waals surface area contributed by atoms with Crippen LogP contribution in [0.2, 0.25) is 0 Å². The molecule has 1 aromatic carbocycles. The lowest BCUT2D eigenvalue weighted by Gasteiger charge is -2.31. The minimum absolute atomic E-state index is 0.200. The smallest absolute Gasteiger partial charge is 0.330 e. The van der Waals surface area contributed by atoms with Crippen LogP contribution in [-0.4, -0.2) is 30.6 Å². The minimum Gasteiger partial charge on any atom is -0.382 e. The van der Waals surface area contributed by atoms with Crippen molar-refractivity contribution in [3.8, 4) is 0 Å². The number of aryl methyl sites for hydroxylation is 1. The highest BCUT2D eigenvalue weighted by Gasteiger charge is 2.32. The SMILES string of the molecule is Cn1cc(S(=O)(=O)N2CCNc3ccccc32)c(=O)n(C)c1=O. The summed E-state index contributed by atoms with van der Waals surface area (Å²) in [5.74, 6) is 0. The van der Waals surface area contributed by atoms with Gasteiger partial charge in [-0.25, -0.2) is 13.2 Å². The van der Waals surface area contributed by atoms with Crippen LogP contribution in [0.5, 0.6) is 0 Å². The molecule has 1 N–H and O–H groups in total. The van der Waals surface area contributed by atoms with E-state index >= 15 is 0 Å². The lowest BCUT2D eigenvalue weighted by atomic mass is 10.2. The molecule has 2 aromatic rings. The maximum atomic E-state index is 13.0. The molecule has 0 unspecified atom stereocenters. The van der Waals surface area contributed by atoms with Crippen LogP contribution in [0.15, 0.2) is 44.9 Å². The van der Waals surface area contributed by atoms with E-state index in [9.17, 15) is 18.0 Å². The molecule has 1 aliphatic rings. The molecule has 9 heteroatoms. The third-order valence-corrected chi connectivity index (χ3v) is 5.58. The van der Waals surface area contributed by atoms with Crippen molar-refractivity contribution < 1.29 is 8.42 Å². The Balaban J connectivity index is 2.23. The van der Waals surface area contributed by atoms with Crippen LogP contribution in [-0.2, 0) is 24.1 Å². The fourth-order valence-corrected chi connectivity index (χ4v) is 4.21. The predicted molar refractivity (Wildman–Crippen MR) is 86.4 cm³/mol. The van der Waals surface area contributed by atoms with Gasteiger partial charge in [0.1, 0.15) is 0 Å². The van der Waals surface area contributed by atoms with E-state index in [-0.39, 0.29) is 6.54 Å². The molecule has 0 radical (unpaired) electrons. The van der Waals surface area contributed by atoms with Gasteiger partial charge in [0.15, 0.2) is 4.90 Å². The van der Waals surface area contributed by atoms with E-state index in [1.54, 1.807) is 24.3 Å². The van der Waals surface area contributed by atoms with Crippen molar-refractivity contribution in [3.63, 3.8) is 0 Å². The topological polar surface area (TPSA) is 93.4 Å². The lowest BCUT2D eigenvalue weighted by molar-refractivity contribution is 0.579. The molecule has 0 aliphatic carbocycles. The number of nitrogens with one attached hydrogen (secondary N) is 1. The number of nitrogens with zero attached hydrogens (tertiary/aromatic N) is 3. The normalized spacial score (nSPS) is 14.3. The molecule has 8 nitrogen and oxygen atoms in total. The van der Waals surface area contributed by atoms with Crippen molar-refractivity contribution in [3.05, 3.63) is 51.3 Å². The third kappa shape index (κ3) is 2.33. The van der Waals surface area contributed by atoms with Crippen LogP contribution in [0.25, 0.3) is 0 Å².